The van der Waals surface area contributed by atoms with Gasteiger partial charge in [-0.1, -0.05) is 25.5 Å². The highest BCUT2D eigenvalue weighted by atomic mass is 16.4. The van der Waals surface area contributed by atoms with Crippen molar-refractivity contribution >= 4 is 0 Å². The molecule has 1 spiro atoms. The fraction of sp³-hybridized carbons (Fsp3) is 0.900. The summed E-state index contributed by atoms with van der Waals surface area (Å²) in [5.74, 6) is -0.814. The molecule has 0 aliphatic heterocycles. The number of aliphatic hydroxyl groups is 5. The molecule has 0 amide bonds. The van der Waals surface area contributed by atoms with Gasteiger partial charge in [0.25, 0.3) is 0 Å². The van der Waals surface area contributed by atoms with E-state index >= 15 is 0 Å². The molecule has 5 N–H and O–H groups in total. The van der Waals surface area contributed by atoms with Gasteiger partial charge in [0.2, 0.25) is 0 Å². The van der Waals surface area contributed by atoms with Crippen LogP contribution in [0.2, 0.25) is 0 Å². The van der Waals surface area contributed by atoms with Crippen molar-refractivity contribution in [3.05, 3.63) is 11.6 Å². The van der Waals surface area contributed by atoms with Crippen molar-refractivity contribution in [2.75, 3.05) is 0 Å². The van der Waals surface area contributed by atoms with E-state index in [2.05, 4.69) is 6.08 Å². The zero-order valence-corrected chi connectivity index (χ0v) is 15.6. The molecule has 4 aliphatic carbocycles. The molecule has 3 fully saturated rings. The van der Waals surface area contributed by atoms with Gasteiger partial charge < -0.3 is 25.5 Å². The minimum Gasteiger partial charge on any atom is -0.392 e. The summed E-state index contributed by atoms with van der Waals surface area (Å²) in [6.07, 6.45) is 1.54. The molecule has 3 saturated carbocycles. The van der Waals surface area contributed by atoms with Gasteiger partial charge in [-0.05, 0) is 45.4 Å². The van der Waals surface area contributed by atoms with Gasteiger partial charge in [-0.25, -0.2) is 0 Å². The van der Waals surface area contributed by atoms with Crippen LogP contribution in [0.4, 0.5) is 0 Å². The Morgan fingerprint density at radius 2 is 1.60 bits per heavy atom. The molecule has 2 bridgehead atoms. The first-order valence-electron chi connectivity index (χ1n) is 9.59. The van der Waals surface area contributed by atoms with E-state index in [1.807, 2.05) is 6.92 Å². The lowest BCUT2D eigenvalue weighted by Gasteiger charge is -2.51. The Kier molecular flexibility index (Phi) is 3.49. The zero-order chi connectivity index (χ0) is 18.6. The molecule has 0 aromatic rings. The van der Waals surface area contributed by atoms with Crippen molar-refractivity contribution in [3.63, 3.8) is 0 Å². The van der Waals surface area contributed by atoms with Crippen LogP contribution in [0.5, 0.6) is 0 Å². The summed E-state index contributed by atoms with van der Waals surface area (Å²) >= 11 is 0. The molecule has 9 atom stereocenters. The quantitative estimate of drug-likeness (QED) is 0.418. The predicted octanol–water partition coefficient (Wildman–Crippen LogP) is 0.974. The maximum absolute atomic E-state index is 11.6. The summed E-state index contributed by atoms with van der Waals surface area (Å²) in [6, 6.07) is 0. The molecule has 0 saturated heterocycles. The second kappa shape index (κ2) is 4.87. The minimum atomic E-state index is -1.60. The van der Waals surface area contributed by atoms with Gasteiger partial charge in [0.1, 0.15) is 5.60 Å². The zero-order valence-electron chi connectivity index (χ0n) is 15.6. The van der Waals surface area contributed by atoms with E-state index in [1.165, 1.54) is 0 Å². The molecule has 0 aromatic carbocycles. The summed E-state index contributed by atoms with van der Waals surface area (Å²) in [5.41, 5.74) is -3.41. The van der Waals surface area contributed by atoms with Gasteiger partial charge in [0, 0.05) is 22.7 Å². The van der Waals surface area contributed by atoms with Crippen molar-refractivity contribution in [3.8, 4) is 0 Å². The highest BCUT2D eigenvalue weighted by molar-refractivity contribution is 5.33. The van der Waals surface area contributed by atoms with Crippen LogP contribution in [-0.4, -0.2) is 55.0 Å². The number of hydrogen-bond donors (Lipinski definition) is 5. The van der Waals surface area contributed by atoms with Crippen LogP contribution in [0.15, 0.2) is 11.6 Å². The molecule has 5 nitrogen and oxygen atoms in total. The first kappa shape index (κ1) is 17.9. The third kappa shape index (κ3) is 1.82. The van der Waals surface area contributed by atoms with Crippen molar-refractivity contribution in [2.24, 2.45) is 28.6 Å². The second-order valence-electron chi connectivity index (χ2n) is 9.98. The lowest BCUT2D eigenvalue weighted by molar-refractivity contribution is -0.200. The number of rotatable bonds is 0. The van der Waals surface area contributed by atoms with E-state index in [1.54, 1.807) is 20.8 Å². The maximum Gasteiger partial charge on any atom is 0.104 e. The van der Waals surface area contributed by atoms with Crippen LogP contribution in [0.1, 0.15) is 53.4 Å². The first-order valence-corrected chi connectivity index (χ1v) is 9.59. The lowest BCUT2D eigenvalue weighted by atomic mass is 9.57. The van der Waals surface area contributed by atoms with Crippen LogP contribution < -0.4 is 0 Å². The van der Waals surface area contributed by atoms with Gasteiger partial charge in [0.15, 0.2) is 0 Å². The highest BCUT2D eigenvalue weighted by Gasteiger charge is 2.73. The Morgan fingerprint density at radius 3 is 2.24 bits per heavy atom. The summed E-state index contributed by atoms with van der Waals surface area (Å²) in [6.45, 7) is 7.27. The highest BCUT2D eigenvalue weighted by Crippen LogP contribution is 2.67. The topological polar surface area (TPSA) is 101 Å². The van der Waals surface area contributed by atoms with Gasteiger partial charge in [-0.3, -0.25) is 0 Å². The second-order valence-corrected chi connectivity index (χ2v) is 9.98. The monoisotopic (exact) mass is 352 g/mol. The summed E-state index contributed by atoms with van der Waals surface area (Å²) in [5, 5.41) is 56.1. The minimum absolute atomic E-state index is 0.0745. The Bertz CT molecular complexity index is 626. The van der Waals surface area contributed by atoms with Gasteiger partial charge in [-0.2, -0.15) is 0 Å². The molecule has 5 heteroatoms. The molecule has 0 radical (unpaired) electrons. The standard InChI is InChI=1S/C20H32O5/c1-10-8-19-9-15(22)20(25)13(7-14(21)17(20,2)3)18(4,24)12(19)6-5-11(10)16(19)23/h8,11-16,21-25H,5-7,9H2,1-4H3/t11-,12-,13-,14-,15+,16-,18+,19+,20-/m0/s1. The van der Waals surface area contributed by atoms with Crippen LogP contribution in [0.3, 0.4) is 0 Å². The Morgan fingerprint density at radius 1 is 0.960 bits per heavy atom. The van der Waals surface area contributed by atoms with Crippen LogP contribution in [0.25, 0.3) is 0 Å². The van der Waals surface area contributed by atoms with Crippen LogP contribution in [0, 0.1) is 28.6 Å². The average molecular weight is 352 g/mol. The molecular weight excluding hydrogens is 320 g/mol. The third-order valence-electron chi connectivity index (χ3n) is 8.75. The smallest absolute Gasteiger partial charge is 0.104 e. The van der Waals surface area contributed by atoms with E-state index in [-0.39, 0.29) is 24.7 Å². The summed E-state index contributed by atoms with van der Waals surface area (Å²) in [4.78, 5) is 0. The molecule has 4 rings (SSSR count). The fourth-order valence-electron chi connectivity index (χ4n) is 7.20. The fourth-order valence-corrected chi connectivity index (χ4v) is 7.20. The molecule has 4 aliphatic rings. The van der Waals surface area contributed by atoms with Crippen molar-refractivity contribution in [1.82, 2.24) is 0 Å². The van der Waals surface area contributed by atoms with Crippen LogP contribution in [-0.2, 0) is 0 Å². The van der Waals surface area contributed by atoms with E-state index in [0.29, 0.717) is 0 Å². The Labute approximate surface area is 149 Å². The average Bonchev–Trinajstić information content (AvgIpc) is 2.75. The van der Waals surface area contributed by atoms with Crippen molar-refractivity contribution < 1.29 is 25.5 Å². The SMILES string of the molecule is CC1=C[C@@]23C[C@@H](O)[C@@]4(O)[C@@H](C[C@H](O)C4(C)C)[C@](C)(O)[C@@H]2CC[C@@H]1[C@@H]3O. The maximum atomic E-state index is 11.6. The lowest BCUT2D eigenvalue weighted by Crippen LogP contribution is -2.60. The largest absolute Gasteiger partial charge is 0.392 e. The Hall–Kier alpha value is -0.460. The van der Waals surface area contributed by atoms with E-state index in [4.69, 9.17) is 0 Å². The van der Waals surface area contributed by atoms with Gasteiger partial charge >= 0.3 is 0 Å². The molecule has 25 heavy (non-hydrogen) atoms. The van der Waals surface area contributed by atoms with Crippen molar-refractivity contribution in [2.45, 2.75) is 82.9 Å². The number of fused-ring (bicyclic) bond motifs is 2. The first-order chi connectivity index (χ1) is 11.4. The normalized spacial score (nSPS) is 59.8. The van der Waals surface area contributed by atoms with Gasteiger partial charge in [-0.15, -0.1) is 0 Å². The van der Waals surface area contributed by atoms with Crippen molar-refractivity contribution in [1.29, 1.82) is 0 Å². The van der Waals surface area contributed by atoms with E-state index < -0.39 is 46.3 Å². The predicted molar refractivity (Wildman–Crippen MR) is 92.5 cm³/mol. The van der Waals surface area contributed by atoms with Gasteiger partial charge in [0.05, 0.1) is 23.9 Å². The van der Waals surface area contributed by atoms with E-state index in [0.717, 1.165) is 18.4 Å². The van der Waals surface area contributed by atoms with E-state index in [9.17, 15) is 25.5 Å². The molecule has 0 aromatic heterocycles. The number of aliphatic hydroxyl groups excluding tert-OH is 3. The molecule has 0 unspecified atom stereocenters. The van der Waals surface area contributed by atoms with Crippen LogP contribution >= 0.6 is 0 Å². The third-order valence-corrected chi connectivity index (χ3v) is 8.75. The molecule has 0 heterocycles. The summed E-state index contributed by atoms with van der Waals surface area (Å²) in [7, 11) is 0. The molecule has 142 valence electrons. The number of hydrogen-bond acceptors (Lipinski definition) is 5. The molecular formula is C20H32O5. The summed E-state index contributed by atoms with van der Waals surface area (Å²) < 4.78 is 0. The Balaban J connectivity index is 1.91.